The second-order valence-corrected chi connectivity index (χ2v) is 4.83. The Hall–Kier alpha value is -1.94. The maximum absolute atomic E-state index is 12.0. The molecule has 0 fully saturated rings. The Labute approximate surface area is 113 Å². The Bertz CT molecular complexity index is 566. The number of hydrogen-bond donors (Lipinski definition) is 1. The van der Waals surface area contributed by atoms with E-state index < -0.39 is 0 Å². The van der Waals surface area contributed by atoms with Crippen molar-refractivity contribution in [2.45, 2.75) is 6.42 Å². The van der Waals surface area contributed by atoms with Crippen molar-refractivity contribution < 1.29 is 4.79 Å². The van der Waals surface area contributed by atoms with Gasteiger partial charge in [0, 0.05) is 18.1 Å². The summed E-state index contributed by atoms with van der Waals surface area (Å²) in [5.41, 5.74) is 1.52. The van der Waals surface area contributed by atoms with Gasteiger partial charge in [-0.2, -0.15) is 0 Å². The van der Waals surface area contributed by atoms with Crippen LogP contribution in [-0.2, 0) is 0 Å². The number of carbonyl (C=O) groups excluding carboxylic acids is 1. The van der Waals surface area contributed by atoms with Gasteiger partial charge in [0.1, 0.15) is 0 Å². The normalized spacial score (nSPS) is 10.9. The highest BCUT2D eigenvalue weighted by molar-refractivity contribution is 5.97. The molecule has 0 aliphatic rings. The topological polar surface area (TPSA) is 45.2 Å². The second-order valence-electron chi connectivity index (χ2n) is 4.83. The minimum absolute atomic E-state index is 0.0583. The molecule has 0 atom stereocenters. The maximum Gasteiger partial charge on any atom is 0.252 e. The molecule has 0 saturated carbocycles. The van der Waals surface area contributed by atoms with Gasteiger partial charge in [0.2, 0.25) is 0 Å². The molecule has 0 aliphatic carbocycles. The molecule has 0 saturated heterocycles. The first-order valence-corrected chi connectivity index (χ1v) is 6.44. The third kappa shape index (κ3) is 3.76. The highest BCUT2D eigenvalue weighted by Gasteiger charge is 2.06. The van der Waals surface area contributed by atoms with Crippen molar-refractivity contribution in [3.05, 3.63) is 42.1 Å². The molecule has 0 unspecified atom stereocenters. The van der Waals surface area contributed by atoms with Gasteiger partial charge in [-0.05, 0) is 39.2 Å². The lowest BCUT2D eigenvalue weighted by molar-refractivity contribution is 0.0952. The summed E-state index contributed by atoms with van der Waals surface area (Å²) >= 11 is 0. The van der Waals surface area contributed by atoms with Gasteiger partial charge in [-0.15, -0.1) is 0 Å². The van der Waals surface area contributed by atoms with Gasteiger partial charge in [-0.3, -0.25) is 9.78 Å². The van der Waals surface area contributed by atoms with Crippen LogP contribution in [-0.4, -0.2) is 43.0 Å². The fourth-order valence-corrected chi connectivity index (χ4v) is 1.89. The van der Waals surface area contributed by atoms with E-state index in [4.69, 9.17) is 0 Å². The van der Waals surface area contributed by atoms with Crippen molar-refractivity contribution in [2.75, 3.05) is 27.2 Å². The third-order valence-corrected chi connectivity index (χ3v) is 2.92. The van der Waals surface area contributed by atoms with Crippen LogP contribution in [0.5, 0.6) is 0 Å². The number of carbonyl (C=O) groups is 1. The summed E-state index contributed by atoms with van der Waals surface area (Å²) in [6.45, 7) is 1.65. The molecular weight excluding hydrogens is 238 g/mol. The lowest BCUT2D eigenvalue weighted by atomic mass is 10.1. The molecule has 1 aromatic heterocycles. The Kier molecular flexibility index (Phi) is 4.47. The van der Waals surface area contributed by atoms with Gasteiger partial charge < -0.3 is 10.2 Å². The van der Waals surface area contributed by atoms with Gasteiger partial charge in [0.15, 0.2) is 0 Å². The molecular formula is C15H19N3O. The third-order valence-electron chi connectivity index (χ3n) is 2.92. The first kappa shape index (κ1) is 13.5. The summed E-state index contributed by atoms with van der Waals surface area (Å²) in [4.78, 5) is 18.4. The van der Waals surface area contributed by atoms with Crippen molar-refractivity contribution >= 4 is 16.8 Å². The zero-order valence-electron chi connectivity index (χ0n) is 11.4. The fourth-order valence-electron chi connectivity index (χ4n) is 1.89. The van der Waals surface area contributed by atoms with Crippen molar-refractivity contribution in [1.82, 2.24) is 15.2 Å². The van der Waals surface area contributed by atoms with Crippen LogP contribution in [0.3, 0.4) is 0 Å². The molecule has 19 heavy (non-hydrogen) atoms. The summed E-state index contributed by atoms with van der Waals surface area (Å²) in [5.74, 6) is -0.0583. The van der Waals surface area contributed by atoms with Gasteiger partial charge in [0.05, 0.1) is 11.1 Å². The van der Waals surface area contributed by atoms with E-state index in [1.54, 1.807) is 6.20 Å². The molecule has 1 aromatic carbocycles. The average Bonchev–Trinajstić information content (AvgIpc) is 2.42. The number of benzene rings is 1. The Morgan fingerprint density at radius 3 is 2.89 bits per heavy atom. The smallest absolute Gasteiger partial charge is 0.252 e. The molecule has 0 radical (unpaired) electrons. The number of hydrogen-bond acceptors (Lipinski definition) is 3. The van der Waals surface area contributed by atoms with E-state index in [-0.39, 0.29) is 5.91 Å². The quantitative estimate of drug-likeness (QED) is 0.832. The zero-order valence-corrected chi connectivity index (χ0v) is 11.4. The van der Waals surface area contributed by atoms with Crippen LogP contribution in [0, 0.1) is 0 Å². The van der Waals surface area contributed by atoms with Gasteiger partial charge in [0.25, 0.3) is 5.91 Å². The van der Waals surface area contributed by atoms with E-state index in [2.05, 4.69) is 15.2 Å². The van der Waals surface area contributed by atoms with Crippen LogP contribution in [0.25, 0.3) is 10.9 Å². The molecule has 1 heterocycles. The number of fused-ring (bicyclic) bond motifs is 1. The summed E-state index contributed by atoms with van der Waals surface area (Å²) in [6.07, 6.45) is 2.57. The molecule has 2 rings (SSSR count). The van der Waals surface area contributed by atoms with Crippen LogP contribution < -0.4 is 5.32 Å². The first-order valence-electron chi connectivity index (χ1n) is 6.44. The predicted molar refractivity (Wildman–Crippen MR) is 77.2 cm³/mol. The minimum Gasteiger partial charge on any atom is -0.352 e. The van der Waals surface area contributed by atoms with Crippen molar-refractivity contribution in [1.29, 1.82) is 0 Å². The summed E-state index contributed by atoms with van der Waals surface area (Å²) < 4.78 is 0. The number of para-hydroxylation sites is 1. The van der Waals surface area contributed by atoms with Gasteiger partial charge in [-0.1, -0.05) is 18.2 Å². The number of pyridine rings is 1. The van der Waals surface area contributed by atoms with E-state index in [0.717, 1.165) is 23.9 Å². The highest BCUT2D eigenvalue weighted by atomic mass is 16.1. The molecule has 0 bridgehead atoms. The summed E-state index contributed by atoms with van der Waals surface area (Å²) in [5, 5.41) is 3.90. The van der Waals surface area contributed by atoms with E-state index in [1.807, 2.05) is 44.4 Å². The largest absolute Gasteiger partial charge is 0.352 e. The van der Waals surface area contributed by atoms with Crippen LogP contribution in [0.1, 0.15) is 16.8 Å². The van der Waals surface area contributed by atoms with Crippen LogP contribution >= 0.6 is 0 Å². The molecule has 0 aliphatic heterocycles. The molecule has 4 nitrogen and oxygen atoms in total. The minimum atomic E-state index is -0.0583. The molecule has 1 N–H and O–H groups in total. The monoisotopic (exact) mass is 257 g/mol. The Morgan fingerprint density at radius 2 is 2.11 bits per heavy atom. The highest BCUT2D eigenvalue weighted by Crippen LogP contribution is 2.12. The number of rotatable bonds is 5. The standard InChI is InChI=1S/C15H19N3O/c1-18(2)9-5-8-16-15(19)13-10-12-6-3-4-7-14(12)17-11-13/h3-4,6-7,10-11H,5,8-9H2,1-2H3,(H,16,19). The molecule has 4 heteroatoms. The Balaban J connectivity index is 1.97. The zero-order chi connectivity index (χ0) is 13.7. The SMILES string of the molecule is CN(C)CCCNC(=O)c1cnc2ccccc2c1. The van der Waals surface area contributed by atoms with Crippen LogP contribution in [0.2, 0.25) is 0 Å². The van der Waals surface area contributed by atoms with E-state index >= 15 is 0 Å². The van der Waals surface area contributed by atoms with Crippen LogP contribution in [0.15, 0.2) is 36.5 Å². The van der Waals surface area contributed by atoms with E-state index in [0.29, 0.717) is 12.1 Å². The van der Waals surface area contributed by atoms with Gasteiger partial charge in [-0.25, -0.2) is 0 Å². The number of nitrogens with zero attached hydrogens (tertiary/aromatic N) is 2. The van der Waals surface area contributed by atoms with Gasteiger partial charge >= 0.3 is 0 Å². The predicted octanol–water partition coefficient (Wildman–Crippen LogP) is 1.92. The van der Waals surface area contributed by atoms with Crippen molar-refractivity contribution in [3.63, 3.8) is 0 Å². The van der Waals surface area contributed by atoms with Crippen LogP contribution in [0.4, 0.5) is 0 Å². The summed E-state index contributed by atoms with van der Waals surface area (Å²) in [6, 6.07) is 9.67. The average molecular weight is 257 g/mol. The lowest BCUT2D eigenvalue weighted by Crippen LogP contribution is -2.27. The number of aromatic nitrogens is 1. The van der Waals surface area contributed by atoms with E-state index in [1.165, 1.54) is 0 Å². The molecule has 100 valence electrons. The summed E-state index contributed by atoms with van der Waals surface area (Å²) in [7, 11) is 4.05. The molecule has 2 aromatic rings. The number of nitrogens with one attached hydrogen (secondary N) is 1. The fraction of sp³-hybridized carbons (Fsp3) is 0.333. The maximum atomic E-state index is 12.0. The molecule has 1 amide bonds. The van der Waals surface area contributed by atoms with Crippen molar-refractivity contribution in [3.8, 4) is 0 Å². The lowest BCUT2D eigenvalue weighted by Gasteiger charge is -2.10. The second kappa shape index (κ2) is 6.29. The van der Waals surface area contributed by atoms with Crippen molar-refractivity contribution in [2.24, 2.45) is 0 Å². The number of amides is 1. The Morgan fingerprint density at radius 1 is 1.32 bits per heavy atom. The van der Waals surface area contributed by atoms with E-state index in [9.17, 15) is 4.79 Å². The first-order chi connectivity index (χ1) is 9.16. The molecule has 0 spiro atoms.